The molecule has 0 bridgehead atoms. The molecule has 0 unspecified atom stereocenters. The van der Waals surface area contributed by atoms with Crippen LogP contribution < -0.4 is 4.74 Å². The van der Waals surface area contributed by atoms with Crippen molar-refractivity contribution in [2.24, 2.45) is 0 Å². The van der Waals surface area contributed by atoms with Crippen LogP contribution in [0.15, 0.2) is 219 Å². The van der Waals surface area contributed by atoms with E-state index in [1.165, 1.54) is 32.6 Å². The molecule has 12 aromatic rings. The molecule has 0 atom stereocenters. The van der Waals surface area contributed by atoms with Crippen molar-refractivity contribution in [2.45, 2.75) is 5.41 Å². The molecule has 1 spiro atoms. The van der Waals surface area contributed by atoms with Crippen LogP contribution >= 0.6 is 0 Å². The van der Waals surface area contributed by atoms with E-state index >= 15 is 0 Å². The molecule has 0 saturated heterocycles. The summed E-state index contributed by atoms with van der Waals surface area (Å²) in [7, 11) is 0. The fourth-order valence-electron chi connectivity index (χ4n) is 11.1. The maximum Gasteiger partial charge on any atom is 0.140 e. The van der Waals surface area contributed by atoms with Crippen molar-refractivity contribution in [1.82, 2.24) is 19.1 Å². The number of para-hydroxylation sites is 6. The number of nitrogens with zero attached hydrogens (tertiary/aromatic N) is 4. The smallest absolute Gasteiger partial charge is 0.140 e. The van der Waals surface area contributed by atoms with Gasteiger partial charge in [-0.25, -0.2) is 0 Å². The lowest BCUT2D eigenvalue weighted by Crippen LogP contribution is -2.32. The average molecular weight is 817 g/mol. The summed E-state index contributed by atoms with van der Waals surface area (Å²) in [6.45, 7) is 0. The molecule has 1 aliphatic heterocycles. The van der Waals surface area contributed by atoms with E-state index in [9.17, 15) is 0 Å². The fourth-order valence-corrected chi connectivity index (χ4v) is 11.1. The predicted molar refractivity (Wildman–Crippen MR) is 259 cm³/mol. The van der Waals surface area contributed by atoms with Gasteiger partial charge in [0.05, 0.1) is 38.9 Å². The van der Waals surface area contributed by atoms with Gasteiger partial charge in [0, 0.05) is 67.6 Å². The van der Waals surface area contributed by atoms with Crippen molar-refractivity contribution in [3.05, 3.63) is 241 Å². The fraction of sp³-hybridized carbons (Fsp3) is 0.0169. The second-order valence-corrected chi connectivity index (χ2v) is 16.9. The molecule has 0 N–H and O–H groups in total. The lowest BCUT2D eigenvalue weighted by atomic mass is 9.65. The molecule has 14 rings (SSSR count). The Morgan fingerprint density at radius 3 is 1.25 bits per heavy atom. The Morgan fingerprint density at radius 2 is 0.766 bits per heavy atom. The third-order valence-corrected chi connectivity index (χ3v) is 13.7. The Hall–Kier alpha value is -8.54. The van der Waals surface area contributed by atoms with Crippen molar-refractivity contribution in [2.75, 3.05) is 0 Å². The summed E-state index contributed by atoms with van der Waals surface area (Å²) in [4.78, 5) is 10.1. The summed E-state index contributed by atoms with van der Waals surface area (Å²) >= 11 is 0. The highest BCUT2D eigenvalue weighted by Gasteiger charge is 2.53. The quantitative estimate of drug-likeness (QED) is 0.178. The maximum absolute atomic E-state index is 7.56. The van der Waals surface area contributed by atoms with Crippen molar-refractivity contribution in [1.29, 1.82) is 0 Å². The van der Waals surface area contributed by atoms with Crippen LogP contribution in [0, 0.1) is 0 Å². The molecule has 5 heterocycles. The van der Waals surface area contributed by atoms with Crippen LogP contribution in [0.25, 0.3) is 88.6 Å². The van der Waals surface area contributed by atoms with Crippen molar-refractivity contribution in [3.63, 3.8) is 0 Å². The molecule has 0 fully saturated rings. The van der Waals surface area contributed by atoms with E-state index in [4.69, 9.17) is 14.7 Å². The van der Waals surface area contributed by atoms with E-state index < -0.39 is 5.41 Å². The van der Waals surface area contributed by atoms with Gasteiger partial charge in [-0.05, 0) is 95.1 Å². The van der Waals surface area contributed by atoms with Crippen molar-refractivity contribution < 1.29 is 4.74 Å². The Kier molecular flexibility index (Phi) is 7.26. The second kappa shape index (κ2) is 13.2. The van der Waals surface area contributed by atoms with Gasteiger partial charge in [0.1, 0.15) is 11.5 Å². The van der Waals surface area contributed by atoms with Crippen LogP contribution in [-0.4, -0.2) is 19.1 Å². The molecule has 4 aromatic heterocycles. The first-order valence-electron chi connectivity index (χ1n) is 21.8. The lowest BCUT2D eigenvalue weighted by molar-refractivity contribution is 0.439. The van der Waals surface area contributed by atoms with Crippen LogP contribution in [0.1, 0.15) is 22.3 Å². The first-order chi connectivity index (χ1) is 31.8. The number of fused-ring (bicyclic) bond motifs is 15. The van der Waals surface area contributed by atoms with Gasteiger partial charge in [-0.1, -0.05) is 133 Å². The Labute approximate surface area is 368 Å². The number of hydrogen-bond acceptors (Lipinski definition) is 3. The van der Waals surface area contributed by atoms with Gasteiger partial charge in [-0.3, -0.25) is 9.97 Å². The number of aromatic nitrogens is 4. The van der Waals surface area contributed by atoms with Gasteiger partial charge < -0.3 is 13.9 Å². The van der Waals surface area contributed by atoms with E-state index in [2.05, 4.69) is 215 Å². The largest absolute Gasteiger partial charge is 0.455 e. The van der Waals surface area contributed by atoms with Gasteiger partial charge >= 0.3 is 0 Å². The zero-order valence-electron chi connectivity index (χ0n) is 34.5. The molecular formula is C59H36N4O. The number of ether oxygens (including phenoxy) is 1. The van der Waals surface area contributed by atoms with Gasteiger partial charge in [0.2, 0.25) is 0 Å². The van der Waals surface area contributed by atoms with Crippen molar-refractivity contribution in [3.8, 4) is 56.5 Å². The van der Waals surface area contributed by atoms with E-state index in [1.807, 2.05) is 12.4 Å². The standard InChI is InChI=1S/C59H36N4O/c1-3-15-39(16-4-1)62-51-27-9-7-19-43(51)45-35-37(29-31-53(45)62)41-21-11-23-49-57(41)64-58-42(22-12-24-50(58)59(49)47-25-13-33-60-55(47)56-48(59)26-14-34-61-56)38-30-32-54-46(36-38)44-20-8-10-28-52(44)63(54)40-17-5-2-6-18-40/h1-36H. The number of rotatable bonds is 4. The summed E-state index contributed by atoms with van der Waals surface area (Å²) in [5, 5.41) is 4.79. The molecular weight excluding hydrogens is 781 g/mol. The zero-order valence-corrected chi connectivity index (χ0v) is 34.5. The SMILES string of the molecule is c1ccc(-n2c3ccccc3c3cc(-c4cccc5c4Oc4c(-c6ccc7c(c6)c6ccccc6n7-c6ccccc6)cccc4C54c5cccnc5-c5ncccc54)ccc32)cc1. The summed E-state index contributed by atoms with van der Waals surface area (Å²) in [5.41, 5.74) is 16.6. The lowest BCUT2D eigenvalue weighted by Gasteiger charge is -2.40. The predicted octanol–water partition coefficient (Wildman–Crippen LogP) is 14.5. The number of benzene rings is 8. The molecule has 8 aromatic carbocycles. The minimum atomic E-state index is -0.747. The molecule has 298 valence electrons. The van der Waals surface area contributed by atoms with E-state index in [-0.39, 0.29) is 0 Å². The third-order valence-electron chi connectivity index (χ3n) is 13.7. The Balaban J connectivity index is 1.04. The highest BCUT2D eigenvalue weighted by atomic mass is 16.5. The van der Waals surface area contributed by atoms with E-state index in [0.717, 1.165) is 89.8 Å². The molecule has 0 saturated carbocycles. The summed E-state index contributed by atoms with van der Waals surface area (Å²) in [5.74, 6) is 1.67. The summed E-state index contributed by atoms with van der Waals surface area (Å²) in [6.07, 6.45) is 3.76. The summed E-state index contributed by atoms with van der Waals surface area (Å²) in [6, 6.07) is 74.3. The van der Waals surface area contributed by atoms with Gasteiger partial charge in [0.15, 0.2) is 0 Å². The van der Waals surface area contributed by atoms with Crippen LogP contribution in [0.3, 0.4) is 0 Å². The third kappa shape index (κ3) is 4.67. The highest BCUT2D eigenvalue weighted by Crippen LogP contribution is 2.64. The molecule has 5 heteroatoms. The van der Waals surface area contributed by atoms with Crippen LogP contribution in [0.5, 0.6) is 11.5 Å². The minimum absolute atomic E-state index is 0.747. The van der Waals surface area contributed by atoms with E-state index in [0.29, 0.717) is 0 Å². The molecule has 0 amide bonds. The first-order valence-corrected chi connectivity index (χ1v) is 21.8. The summed E-state index contributed by atoms with van der Waals surface area (Å²) < 4.78 is 12.3. The molecule has 0 radical (unpaired) electrons. The van der Waals surface area contributed by atoms with Crippen molar-refractivity contribution >= 4 is 43.6 Å². The molecule has 1 aliphatic carbocycles. The second-order valence-electron chi connectivity index (χ2n) is 16.9. The Bertz CT molecular complexity index is 3630. The van der Waals surface area contributed by atoms with Gasteiger partial charge in [0.25, 0.3) is 0 Å². The Morgan fingerprint density at radius 1 is 0.344 bits per heavy atom. The molecule has 64 heavy (non-hydrogen) atoms. The number of pyridine rings is 2. The topological polar surface area (TPSA) is 44.9 Å². The van der Waals surface area contributed by atoms with Gasteiger partial charge in [-0.15, -0.1) is 0 Å². The number of hydrogen-bond donors (Lipinski definition) is 0. The van der Waals surface area contributed by atoms with Crippen LogP contribution in [0.2, 0.25) is 0 Å². The molecule has 2 aliphatic rings. The first kappa shape index (κ1) is 35.1. The monoisotopic (exact) mass is 816 g/mol. The van der Waals surface area contributed by atoms with Gasteiger partial charge in [-0.2, -0.15) is 0 Å². The normalized spacial score (nSPS) is 13.2. The molecule has 5 nitrogen and oxygen atoms in total. The zero-order chi connectivity index (χ0) is 41.9. The van der Waals surface area contributed by atoms with E-state index in [1.54, 1.807) is 0 Å². The average Bonchev–Trinajstić information content (AvgIpc) is 3.98. The highest BCUT2D eigenvalue weighted by molar-refractivity contribution is 6.12. The van der Waals surface area contributed by atoms with Crippen LogP contribution in [0.4, 0.5) is 0 Å². The minimum Gasteiger partial charge on any atom is -0.455 e. The van der Waals surface area contributed by atoms with Crippen LogP contribution in [-0.2, 0) is 5.41 Å². The maximum atomic E-state index is 7.56.